The zero-order chi connectivity index (χ0) is 20.7. The molecule has 0 aliphatic rings. The SMILES string of the molecule is CCCCC(CC)COC(=O)C(=CC(C)C)C(=O)OCC(CC)CCCC. The van der Waals surface area contributed by atoms with Crippen LogP contribution in [0.5, 0.6) is 0 Å². The van der Waals surface area contributed by atoms with E-state index in [0.717, 1.165) is 51.4 Å². The van der Waals surface area contributed by atoms with Crippen molar-refractivity contribution in [3.05, 3.63) is 11.6 Å². The molecule has 0 saturated carbocycles. The highest BCUT2D eigenvalue weighted by Gasteiger charge is 2.23. The van der Waals surface area contributed by atoms with Gasteiger partial charge < -0.3 is 9.47 Å². The van der Waals surface area contributed by atoms with Gasteiger partial charge >= 0.3 is 11.9 Å². The molecule has 0 fully saturated rings. The highest BCUT2D eigenvalue weighted by Crippen LogP contribution is 2.17. The molecule has 2 unspecified atom stereocenters. The van der Waals surface area contributed by atoms with Gasteiger partial charge in [0, 0.05) is 0 Å². The summed E-state index contributed by atoms with van der Waals surface area (Å²) in [5.74, 6) is -0.327. The third-order valence-corrected chi connectivity index (χ3v) is 4.93. The van der Waals surface area contributed by atoms with Crippen LogP contribution in [0.3, 0.4) is 0 Å². The fourth-order valence-electron chi connectivity index (χ4n) is 2.89. The van der Waals surface area contributed by atoms with Crippen LogP contribution in [0.25, 0.3) is 0 Å². The maximum Gasteiger partial charge on any atom is 0.345 e. The Balaban J connectivity index is 4.80. The van der Waals surface area contributed by atoms with Crippen molar-refractivity contribution in [2.24, 2.45) is 17.8 Å². The molecular weight excluding hydrogens is 340 g/mol. The third kappa shape index (κ3) is 11.9. The van der Waals surface area contributed by atoms with Crippen LogP contribution in [0, 0.1) is 17.8 Å². The van der Waals surface area contributed by atoms with Crippen molar-refractivity contribution in [1.82, 2.24) is 0 Å². The number of hydrogen-bond acceptors (Lipinski definition) is 4. The average molecular weight is 383 g/mol. The molecule has 4 nitrogen and oxygen atoms in total. The van der Waals surface area contributed by atoms with Crippen LogP contribution in [0.2, 0.25) is 0 Å². The number of esters is 2. The molecule has 4 heteroatoms. The third-order valence-electron chi connectivity index (χ3n) is 4.93. The van der Waals surface area contributed by atoms with Gasteiger partial charge in [-0.3, -0.25) is 0 Å². The van der Waals surface area contributed by atoms with Crippen molar-refractivity contribution < 1.29 is 19.1 Å². The number of ether oxygens (including phenoxy) is 2. The average Bonchev–Trinajstić information content (AvgIpc) is 2.65. The number of allylic oxidation sites excluding steroid dienone is 1. The van der Waals surface area contributed by atoms with Crippen LogP contribution in [0.4, 0.5) is 0 Å². The smallest absolute Gasteiger partial charge is 0.345 e. The molecule has 0 aliphatic heterocycles. The van der Waals surface area contributed by atoms with Gasteiger partial charge in [0.15, 0.2) is 0 Å². The normalized spacial score (nSPS) is 13.1. The van der Waals surface area contributed by atoms with Crippen molar-refractivity contribution in [3.63, 3.8) is 0 Å². The lowest BCUT2D eigenvalue weighted by Crippen LogP contribution is -2.23. The van der Waals surface area contributed by atoms with Crippen molar-refractivity contribution in [2.75, 3.05) is 13.2 Å². The second-order valence-electron chi connectivity index (χ2n) is 7.85. The van der Waals surface area contributed by atoms with Gasteiger partial charge in [0.05, 0.1) is 13.2 Å². The van der Waals surface area contributed by atoms with Crippen LogP contribution >= 0.6 is 0 Å². The number of unbranched alkanes of at least 4 members (excludes halogenated alkanes) is 2. The van der Waals surface area contributed by atoms with Crippen LogP contribution in [-0.4, -0.2) is 25.2 Å². The monoisotopic (exact) mass is 382 g/mol. The molecule has 0 amide bonds. The van der Waals surface area contributed by atoms with E-state index in [1.807, 2.05) is 13.8 Å². The molecule has 0 radical (unpaired) electrons. The molecule has 0 aromatic heterocycles. The minimum atomic E-state index is -0.551. The molecule has 0 saturated heterocycles. The van der Waals surface area contributed by atoms with Crippen LogP contribution in [0.1, 0.15) is 92.9 Å². The molecule has 0 bridgehead atoms. The molecule has 27 heavy (non-hydrogen) atoms. The van der Waals surface area contributed by atoms with Gasteiger partial charge in [-0.05, 0) is 30.6 Å². The van der Waals surface area contributed by atoms with E-state index < -0.39 is 11.9 Å². The number of carbonyl (C=O) groups excluding carboxylic acids is 2. The van der Waals surface area contributed by atoms with E-state index in [4.69, 9.17) is 9.47 Å². The zero-order valence-electron chi connectivity index (χ0n) is 18.5. The Hall–Kier alpha value is -1.32. The summed E-state index contributed by atoms with van der Waals surface area (Å²) in [6.45, 7) is 13.1. The van der Waals surface area contributed by atoms with Crippen molar-refractivity contribution in [2.45, 2.75) is 92.9 Å². The van der Waals surface area contributed by atoms with Crippen LogP contribution in [-0.2, 0) is 19.1 Å². The highest BCUT2D eigenvalue weighted by atomic mass is 16.6. The number of rotatable bonds is 15. The van der Waals surface area contributed by atoms with Gasteiger partial charge in [0.1, 0.15) is 5.57 Å². The summed E-state index contributed by atoms with van der Waals surface area (Å²) in [5.41, 5.74) is 0.0423. The molecule has 2 atom stereocenters. The Morgan fingerprint density at radius 3 is 1.48 bits per heavy atom. The second-order valence-corrected chi connectivity index (χ2v) is 7.85. The summed E-state index contributed by atoms with van der Waals surface area (Å²) >= 11 is 0. The predicted molar refractivity (Wildman–Crippen MR) is 111 cm³/mol. The van der Waals surface area contributed by atoms with E-state index in [1.165, 1.54) is 0 Å². The molecule has 0 aromatic carbocycles. The molecule has 0 spiro atoms. The summed E-state index contributed by atoms with van der Waals surface area (Å²) in [7, 11) is 0. The molecule has 158 valence electrons. The fourth-order valence-corrected chi connectivity index (χ4v) is 2.89. The largest absolute Gasteiger partial charge is 0.462 e. The second kappa shape index (κ2) is 15.7. The number of carbonyl (C=O) groups is 2. The van der Waals surface area contributed by atoms with Crippen molar-refractivity contribution >= 4 is 11.9 Å². The first-order valence-corrected chi connectivity index (χ1v) is 10.9. The maximum absolute atomic E-state index is 12.5. The van der Waals surface area contributed by atoms with E-state index in [0.29, 0.717) is 25.0 Å². The summed E-state index contributed by atoms with van der Waals surface area (Å²) in [6.07, 6.45) is 10.2. The lowest BCUT2D eigenvalue weighted by molar-refractivity contribution is -0.148. The lowest BCUT2D eigenvalue weighted by Gasteiger charge is -2.17. The molecule has 0 N–H and O–H groups in total. The molecule has 0 heterocycles. The Labute approximate surface area is 167 Å². The van der Waals surface area contributed by atoms with Gasteiger partial charge in [0.2, 0.25) is 0 Å². The summed E-state index contributed by atoms with van der Waals surface area (Å²) in [4.78, 5) is 25.0. The first-order valence-electron chi connectivity index (χ1n) is 10.9. The molecule has 0 rings (SSSR count). The van der Waals surface area contributed by atoms with E-state index in [2.05, 4.69) is 27.7 Å². The Morgan fingerprint density at radius 2 is 1.19 bits per heavy atom. The van der Waals surface area contributed by atoms with Gasteiger partial charge in [-0.15, -0.1) is 0 Å². The van der Waals surface area contributed by atoms with Crippen LogP contribution in [0.15, 0.2) is 11.6 Å². The summed E-state index contributed by atoms with van der Waals surface area (Å²) < 4.78 is 10.9. The van der Waals surface area contributed by atoms with Gasteiger partial charge in [-0.2, -0.15) is 0 Å². The van der Waals surface area contributed by atoms with E-state index in [1.54, 1.807) is 6.08 Å². The Morgan fingerprint density at radius 1 is 0.778 bits per heavy atom. The van der Waals surface area contributed by atoms with Gasteiger partial charge in [-0.25, -0.2) is 9.59 Å². The first-order chi connectivity index (χ1) is 12.9. The number of hydrogen-bond donors (Lipinski definition) is 0. The lowest BCUT2D eigenvalue weighted by atomic mass is 10.0. The Bertz CT molecular complexity index is 406. The van der Waals surface area contributed by atoms with Crippen molar-refractivity contribution in [1.29, 1.82) is 0 Å². The van der Waals surface area contributed by atoms with E-state index >= 15 is 0 Å². The summed E-state index contributed by atoms with van der Waals surface area (Å²) in [5, 5.41) is 0. The first kappa shape index (κ1) is 25.7. The van der Waals surface area contributed by atoms with Crippen molar-refractivity contribution in [3.8, 4) is 0 Å². The maximum atomic E-state index is 12.5. The molecular formula is C23H42O4. The van der Waals surface area contributed by atoms with Gasteiger partial charge in [0.25, 0.3) is 0 Å². The highest BCUT2D eigenvalue weighted by molar-refractivity contribution is 6.14. The Kier molecular flexibility index (Phi) is 14.9. The zero-order valence-corrected chi connectivity index (χ0v) is 18.5. The van der Waals surface area contributed by atoms with Crippen LogP contribution < -0.4 is 0 Å². The van der Waals surface area contributed by atoms with Gasteiger partial charge in [-0.1, -0.05) is 86.1 Å². The molecule has 0 aromatic rings. The summed E-state index contributed by atoms with van der Waals surface area (Å²) in [6, 6.07) is 0. The predicted octanol–water partition coefficient (Wildman–Crippen LogP) is 6.09. The fraction of sp³-hybridized carbons (Fsp3) is 0.826. The quantitative estimate of drug-likeness (QED) is 0.149. The minimum Gasteiger partial charge on any atom is -0.462 e. The standard InChI is InChI=1S/C23H42O4/c1-7-11-13-19(9-3)16-26-22(24)21(15-18(5)6)23(25)27-17-20(10-4)14-12-8-2/h15,18-20H,7-14,16-17H2,1-6H3. The topological polar surface area (TPSA) is 52.6 Å². The minimum absolute atomic E-state index is 0.0423. The van der Waals surface area contributed by atoms with E-state index in [9.17, 15) is 9.59 Å². The molecule has 0 aliphatic carbocycles. The van der Waals surface area contributed by atoms with E-state index in [-0.39, 0.29) is 11.5 Å².